The van der Waals surface area contributed by atoms with E-state index in [2.05, 4.69) is 8.83 Å². The van der Waals surface area contributed by atoms with E-state index in [9.17, 15) is 18.8 Å². The topological polar surface area (TPSA) is 130 Å². The number of phosphoric ester groups is 1. The number of phosphoric acid groups is 2. The molecule has 2 rings (SSSR count). The van der Waals surface area contributed by atoms with Gasteiger partial charge >= 0.3 is 34.5 Å². The monoisotopic (exact) mass is 366 g/mol. The fourth-order valence-corrected chi connectivity index (χ4v) is 3.30. The van der Waals surface area contributed by atoms with E-state index in [0.29, 0.717) is 11.1 Å². The van der Waals surface area contributed by atoms with Crippen LogP contribution in [0.3, 0.4) is 0 Å². The molecule has 0 aliphatic rings. The van der Waals surface area contributed by atoms with E-state index in [1.807, 2.05) is 0 Å². The molecule has 0 heterocycles. The summed E-state index contributed by atoms with van der Waals surface area (Å²) in [6.45, 7) is 0. The van der Waals surface area contributed by atoms with Crippen LogP contribution in [0.2, 0.25) is 0 Å². The second-order valence-corrected chi connectivity index (χ2v) is 7.11. The van der Waals surface area contributed by atoms with Gasteiger partial charge in [-0.1, -0.05) is 30.3 Å². The minimum atomic E-state index is -5.18. The summed E-state index contributed by atoms with van der Waals surface area (Å²) >= 11 is 0. The second-order valence-electron chi connectivity index (χ2n) is 4.35. The van der Waals surface area contributed by atoms with Crippen molar-refractivity contribution in [3.05, 3.63) is 65.7 Å². The molecule has 0 fully saturated rings. The molecular formula is C13H13LiO8P2. The van der Waals surface area contributed by atoms with Crippen LogP contribution < -0.4 is 23.4 Å². The summed E-state index contributed by atoms with van der Waals surface area (Å²) in [6.07, 6.45) is 0. The van der Waals surface area contributed by atoms with Crippen LogP contribution in [0.1, 0.15) is 17.3 Å². The zero-order valence-electron chi connectivity index (χ0n) is 13.5. The summed E-state index contributed by atoms with van der Waals surface area (Å²) in [6, 6.07) is 13.6. The molecule has 0 amide bonds. The van der Waals surface area contributed by atoms with Gasteiger partial charge in [0.05, 0.1) is 0 Å². The summed E-state index contributed by atoms with van der Waals surface area (Å²) in [5, 5.41) is 0. The Labute approximate surface area is 151 Å². The predicted octanol–water partition coefficient (Wildman–Crippen LogP) is -0.377. The van der Waals surface area contributed by atoms with Crippen molar-refractivity contribution < 1.29 is 57.7 Å². The third kappa shape index (κ3) is 6.37. The summed E-state index contributed by atoms with van der Waals surface area (Å²) in [5.74, 6) is -0.440. The molecule has 0 aliphatic heterocycles. The number of ketones is 1. The van der Waals surface area contributed by atoms with Crippen LogP contribution in [0.15, 0.2) is 54.6 Å². The normalized spacial score (nSPS) is 13.5. The molecule has 1 atom stereocenters. The van der Waals surface area contributed by atoms with Crippen molar-refractivity contribution in [1.29, 1.82) is 0 Å². The van der Waals surface area contributed by atoms with E-state index < -0.39 is 15.6 Å². The molecule has 0 spiro atoms. The van der Waals surface area contributed by atoms with Crippen LogP contribution in [0, 0.1) is 0 Å². The molecule has 0 radical (unpaired) electrons. The molecule has 2 aromatic rings. The maximum Gasteiger partial charge on any atom is 1.00 e. The SMILES string of the molecule is O=C(c1ccccc1)c1ccc(OP(=O)(O)OP(=O)(O)O)cc1.[H-].[Li+]. The average molecular weight is 366 g/mol. The predicted molar refractivity (Wildman–Crippen MR) is 81.0 cm³/mol. The Morgan fingerprint density at radius 3 is 1.88 bits per heavy atom. The first-order valence-corrected chi connectivity index (χ1v) is 9.18. The first kappa shape index (κ1) is 20.9. The van der Waals surface area contributed by atoms with Gasteiger partial charge in [0, 0.05) is 11.1 Å². The molecule has 0 bridgehead atoms. The number of carbonyl (C=O) groups excluding carboxylic acids is 1. The van der Waals surface area contributed by atoms with Gasteiger partial charge in [-0.3, -0.25) is 9.69 Å². The molecule has 1 unspecified atom stereocenters. The Hall–Kier alpha value is -1.19. The Balaban J connectivity index is 0.00000288. The molecule has 2 aromatic carbocycles. The third-order valence-electron chi connectivity index (χ3n) is 2.58. The number of hydrogen-bond acceptors (Lipinski definition) is 5. The number of rotatable bonds is 6. The largest absolute Gasteiger partial charge is 1.00 e. The second kappa shape index (κ2) is 8.26. The number of benzene rings is 2. The third-order valence-corrected chi connectivity index (χ3v) is 4.70. The minimum absolute atomic E-state index is 0. The molecule has 24 heavy (non-hydrogen) atoms. The van der Waals surface area contributed by atoms with Gasteiger partial charge in [-0.15, -0.1) is 0 Å². The minimum Gasteiger partial charge on any atom is -1.00 e. The van der Waals surface area contributed by atoms with Crippen molar-refractivity contribution in [3.8, 4) is 5.75 Å². The van der Waals surface area contributed by atoms with E-state index in [1.54, 1.807) is 30.3 Å². The van der Waals surface area contributed by atoms with Gasteiger partial charge in [-0.25, -0.2) is 9.13 Å². The van der Waals surface area contributed by atoms with Crippen molar-refractivity contribution in [1.82, 2.24) is 0 Å². The van der Waals surface area contributed by atoms with Crippen molar-refractivity contribution in [2.45, 2.75) is 0 Å². The molecular weight excluding hydrogens is 353 g/mol. The first-order chi connectivity index (χ1) is 10.7. The Kier molecular flexibility index (Phi) is 7.18. The summed E-state index contributed by atoms with van der Waals surface area (Å²) in [4.78, 5) is 38.4. The van der Waals surface area contributed by atoms with Gasteiger partial charge in [0.15, 0.2) is 5.78 Å². The number of carbonyl (C=O) groups is 1. The van der Waals surface area contributed by atoms with Gasteiger partial charge in [0.25, 0.3) is 0 Å². The summed E-state index contributed by atoms with van der Waals surface area (Å²) in [5.41, 5.74) is 0.783. The van der Waals surface area contributed by atoms with Crippen LogP contribution in [0.4, 0.5) is 0 Å². The molecule has 3 N–H and O–H groups in total. The van der Waals surface area contributed by atoms with Crippen LogP contribution in [-0.4, -0.2) is 20.5 Å². The van der Waals surface area contributed by atoms with Gasteiger partial charge in [0.2, 0.25) is 0 Å². The van der Waals surface area contributed by atoms with E-state index in [1.165, 1.54) is 24.3 Å². The van der Waals surface area contributed by atoms with Crippen molar-refractivity contribution in [2.24, 2.45) is 0 Å². The van der Waals surface area contributed by atoms with E-state index >= 15 is 0 Å². The van der Waals surface area contributed by atoms with Gasteiger partial charge in [-0.05, 0) is 24.3 Å². The summed E-state index contributed by atoms with van der Waals surface area (Å²) < 4.78 is 30.1. The average Bonchev–Trinajstić information content (AvgIpc) is 2.45. The van der Waals surface area contributed by atoms with Crippen LogP contribution in [-0.2, 0) is 13.4 Å². The fourth-order valence-electron chi connectivity index (χ4n) is 1.71. The number of hydrogen-bond donors (Lipinski definition) is 3. The van der Waals surface area contributed by atoms with Crippen molar-refractivity contribution >= 4 is 21.4 Å². The zero-order valence-corrected chi connectivity index (χ0v) is 14.3. The van der Waals surface area contributed by atoms with Gasteiger partial charge < -0.3 is 15.7 Å². The van der Waals surface area contributed by atoms with E-state index in [4.69, 9.17) is 9.79 Å². The van der Waals surface area contributed by atoms with Crippen LogP contribution >= 0.6 is 15.6 Å². The standard InChI is InChI=1S/C13H12O8P2.Li.H/c14-13(10-4-2-1-3-5-10)11-6-8-12(9-7-11)20-23(18,19)21-22(15,16)17;;/h1-9H,(H,18,19)(H2,15,16,17);;/q;+1;-1. The molecule has 0 aliphatic carbocycles. The fraction of sp³-hybridized carbons (Fsp3) is 0. The Bertz CT molecular complexity index is 793. The molecule has 11 heteroatoms. The van der Waals surface area contributed by atoms with Gasteiger partial charge in [0.1, 0.15) is 5.75 Å². The quantitative estimate of drug-likeness (QED) is 0.358. The molecule has 0 aromatic heterocycles. The molecule has 124 valence electrons. The smallest absolute Gasteiger partial charge is 1.00 e. The summed E-state index contributed by atoms with van der Waals surface area (Å²) in [7, 11) is -10.2. The Morgan fingerprint density at radius 1 is 0.875 bits per heavy atom. The van der Waals surface area contributed by atoms with E-state index in [0.717, 1.165) is 0 Å². The molecule has 0 saturated heterocycles. The Morgan fingerprint density at radius 2 is 1.38 bits per heavy atom. The maximum absolute atomic E-state index is 12.2. The zero-order chi connectivity index (χ0) is 17.1. The van der Waals surface area contributed by atoms with Crippen LogP contribution in [0.5, 0.6) is 5.75 Å². The van der Waals surface area contributed by atoms with E-state index in [-0.39, 0.29) is 31.8 Å². The van der Waals surface area contributed by atoms with Crippen molar-refractivity contribution in [3.63, 3.8) is 0 Å². The molecule has 8 nitrogen and oxygen atoms in total. The maximum atomic E-state index is 12.2. The van der Waals surface area contributed by atoms with Gasteiger partial charge in [-0.2, -0.15) is 4.31 Å². The van der Waals surface area contributed by atoms with Crippen LogP contribution in [0.25, 0.3) is 0 Å². The van der Waals surface area contributed by atoms with Crippen molar-refractivity contribution in [2.75, 3.05) is 0 Å². The molecule has 0 saturated carbocycles. The first-order valence-electron chi connectivity index (χ1n) is 6.15.